The highest BCUT2D eigenvalue weighted by Gasteiger charge is 2.26. The summed E-state index contributed by atoms with van der Waals surface area (Å²) in [6, 6.07) is 0. The van der Waals surface area contributed by atoms with E-state index in [1.165, 1.54) is 0 Å². The third-order valence-corrected chi connectivity index (χ3v) is 3.82. The summed E-state index contributed by atoms with van der Waals surface area (Å²) in [5, 5.41) is 3.08. The highest BCUT2D eigenvalue weighted by Crippen LogP contribution is 2.23. The van der Waals surface area contributed by atoms with E-state index in [4.69, 9.17) is 0 Å². The van der Waals surface area contributed by atoms with Gasteiger partial charge in [0.2, 0.25) is 5.91 Å². The fraction of sp³-hybridized carbons (Fsp3) is 0.667. The van der Waals surface area contributed by atoms with E-state index >= 15 is 0 Å². The van der Waals surface area contributed by atoms with Crippen LogP contribution in [0, 0.1) is 11.8 Å². The molecule has 5 heteroatoms. The molecule has 5 nitrogen and oxygen atoms in total. The first-order valence-corrected chi connectivity index (χ1v) is 7.38. The molecular weight excluding hydrogens is 252 g/mol. The number of anilines is 1. The predicted octanol–water partition coefficient (Wildman–Crippen LogP) is 1.96. The standard InChI is InChI=1S/C15H24N4O/c1-11(2)15(20)19-8-4-5-12(10-19)9-13-14(16-3)18-7-6-17-13/h6-7,11-12H,4-5,8-10H2,1-3H3,(H,16,18)/t12-/m0/s1. The van der Waals surface area contributed by atoms with Gasteiger partial charge >= 0.3 is 0 Å². The first kappa shape index (κ1) is 14.8. The van der Waals surface area contributed by atoms with Gasteiger partial charge in [-0.15, -0.1) is 0 Å². The normalized spacial score (nSPS) is 19.2. The van der Waals surface area contributed by atoms with Gasteiger partial charge in [0.1, 0.15) is 5.82 Å². The average molecular weight is 276 g/mol. The van der Waals surface area contributed by atoms with Crippen LogP contribution < -0.4 is 5.32 Å². The van der Waals surface area contributed by atoms with Gasteiger partial charge in [-0.25, -0.2) is 4.98 Å². The number of likely N-dealkylation sites (tertiary alicyclic amines) is 1. The first-order valence-electron chi connectivity index (χ1n) is 7.38. The first-order chi connectivity index (χ1) is 9.61. The number of nitrogens with one attached hydrogen (secondary N) is 1. The molecule has 0 aliphatic carbocycles. The van der Waals surface area contributed by atoms with Crippen LogP contribution in [0.1, 0.15) is 32.4 Å². The number of carbonyl (C=O) groups excluding carboxylic acids is 1. The van der Waals surface area contributed by atoms with Crippen molar-refractivity contribution in [2.45, 2.75) is 33.1 Å². The molecule has 1 atom stereocenters. The average Bonchev–Trinajstić information content (AvgIpc) is 2.47. The summed E-state index contributed by atoms with van der Waals surface area (Å²) in [6.07, 6.45) is 6.55. The molecule has 0 unspecified atom stereocenters. The van der Waals surface area contributed by atoms with Crippen molar-refractivity contribution in [3.05, 3.63) is 18.1 Å². The fourth-order valence-corrected chi connectivity index (χ4v) is 2.80. The zero-order chi connectivity index (χ0) is 14.5. The van der Waals surface area contributed by atoms with Crippen LogP contribution in [0.4, 0.5) is 5.82 Å². The maximum absolute atomic E-state index is 12.1. The summed E-state index contributed by atoms with van der Waals surface area (Å²) in [5.41, 5.74) is 0.999. The molecule has 1 saturated heterocycles. The Labute approximate surface area is 120 Å². The van der Waals surface area contributed by atoms with Gasteiger partial charge < -0.3 is 10.2 Å². The lowest BCUT2D eigenvalue weighted by molar-refractivity contribution is -0.136. The molecule has 1 fully saturated rings. The number of piperidine rings is 1. The lowest BCUT2D eigenvalue weighted by atomic mass is 9.92. The number of aromatic nitrogens is 2. The van der Waals surface area contributed by atoms with Gasteiger partial charge in [0.05, 0.1) is 5.69 Å². The van der Waals surface area contributed by atoms with E-state index in [0.29, 0.717) is 5.92 Å². The zero-order valence-electron chi connectivity index (χ0n) is 12.6. The molecule has 1 aromatic heterocycles. The number of amides is 1. The second-order valence-corrected chi connectivity index (χ2v) is 5.75. The molecule has 1 N–H and O–H groups in total. The van der Waals surface area contributed by atoms with Gasteiger partial charge in [-0.3, -0.25) is 9.78 Å². The molecule has 1 amide bonds. The van der Waals surface area contributed by atoms with E-state index in [1.54, 1.807) is 12.4 Å². The number of nitrogens with zero attached hydrogens (tertiary/aromatic N) is 3. The van der Waals surface area contributed by atoms with Gasteiger partial charge in [-0.1, -0.05) is 13.8 Å². The largest absolute Gasteiger partial charge is 0.372 e. The van der Waals surface area contributed by atoms with E-state index in [1.807, 2.05) is 25.8 Å². The minimum atomic E-state index is 0.0816. The molecule has 0 bridgehead atoms. The highest BCUT2D eigenvalue weighted by atomic mass is 16.2. The van der Waals surface area contributed by atoms with Crippen molar-refractivity contribution in [2.75, 3.05) is 25.5 Å². The summed E-state index contributed by atoms with van der Waals surface area (Å²) < 4.78 is 0. The van der Waals surface area contributed by atoms with Gasteiger partial charge in [0, 0.05) is 38.4 Å². The van der Waals surface area contributed by atoms with Crippen LogP contribution in [-0.4, -0.2) is 40.9 Å². The molecule has 1 aliphatic heterocycles. The maximum Gasteiger partial charge on any atom is 0.225 e. The summed E-state index contributed by atoms with van der Waals surface area (Å²) >= 11 is 0. The van der Waals surface area contributed by atoms with Crippen LogP contribution in [0.15, 0.2) is 12.4 Å². The third-order valence-electron chi connectivity index (χ3n) is 3.82. The Balaban J connectivity index is 2.01. The molecule has 2 heterocycles. The van der Waals surface area contributed by atoms with Crippen LogP contribution >= 0.6 is 0 Å². The SMILES string of the molecule is CNc1nccnc1C[C@@H]1CCCN(C(=O)C(C)C)C1. The van der Waals surface area contributed by atoms with Crippen molar-refractivity contribution >= 4 is 11.7 Å². The minimum Gasteiger partial charge on any atom is -0.372 e. The number of rotatable bonds is 4. The second kappa shape index (κ2) is 6.68. The van der Waals surface area contributed by atoms with E-state index < -0.39 is 0 Å². The second-order valence-electron chi connectivity index (χ2n) is 5.75. The molecule has 110 valence electrons. The van der Waals surface area contributed by atoms with Gasteiger partial charge in [0.25, 0.3) is 0 Å². The Bertz CT molecular complexity index is 461. The van der Waals surface area contributed by atoms with E-state index in [2.05, 4.69) is 15.3 Å². The van der Waals surface area contributed by atoms with Crippen molar-refractivity contribution < 1.29 is 4.79 Å². The topological polar surface area (TPSA) is 58.1 Å². The van der Waals surface area contributed by atoms with Crippen LogP contribution in [-0.2, 0) is 11.2 Å². The predicted molar refractivity (Wildman–Crippen MR) is 79.4 cm³/mol. The summed E-state index contributed by atoms with van der Waals surface area (Å²) in [6.45, 7) is 5.67. The van der Waals surface area contributed by atoms with Crippen molar-refractivity contribution in [1.82, 2.24) is 14.9 Å². The molecule has 2 rings (SSSR count). The van der Waals surface area contributed by atoms with Gasteiger partial charge in [0.15, 0.2) is 0 Å². The lowest BCUT2D eigenvalue weighted by Crippen LogP contribution is -2.42. The summed E-state index contributed by atoms with van der Waals surface area (Å²) in [4.78, 5) is 22.8. The third kappa shape index (κ3) is 3.46. The monoisotopic (exact) mass is 276 g/mol. The smallest absolute Gasteiger partial charge is 0.225 e. The fourth-order valence-electron chi connectivity index (χ4n) is 2.80. The van der Waals surface area contributed by atoms with Crippen LogP contribution in [0.2, 0.25) is 0 Å². The van der Waals surface area contributed by atoms with Crippen molar-refractivity contribution in [2.24, 2.45) is 11.8 Å². The Morgan fingerprint density at radius 3 is 2.90 bits per heavy atom. The molecule has 20 heavy (non-hydrogen) atoms. The van der Waals surface area contributed by atoms with Crippen molar-refractivity contribution in [1.29, 1.82) is 0 Å². The Hall–Kier alpha value is -1.65. The molecule has 0 spiro atoms. The number of hydrogen-bond acceptors (Lipinski definition) is 4. The maximum atomic E-state index is 12.1. The van der Waals surface area contributed by atoms with Gasteiger partial charge in [-0.05, 0) is 25.2 Å². The molecule has 0 saturated carbocycles. The van der Waals surface area contributed by atoms with Crippen molar-refractivity contribution in [3.8, 4) is 0 Å². The summed E-state index contributed by atoms with van der Waals surface area (Å²) in [5.74, 6) is 1.68. The quantitative estimate of drug-likeness (QED) is 0.913. The number of carbonyl (C=O) groups is 1. The van der Waals surface area contributed by atoms with E-state index in [0.717, 1.165) is 43.9 Å². The molecule has 1 aromatic rings. The Morgan fingerprint density at radius 1 is 1.45 bits per heavy atom. The molecule has 0 radical (unpaired) electrons. The zero-order valence-corrected chi connectivity index (χ0v) is 12.6. The molecule has 0 aromatic carbocycles. The van der Waals surface area contributed by atoms with Crippen LogP contribution in [0.5, 0.6) is 0 Å². The Morgan fingerprint density at radius 2 is 2.20 bits per heavy atom. The van der Waals surface area contributed by atoms with Gasteiger partial charge in [-0.2, -0.15) is 0 Å². The van der Waals surface area contributed by atoms with E-state index in [9.17, 15) is 4.79 Å². The Kier molecular flexibility index (Phi) is 4.93. The molecular formula is C15H24N4O. The van der Waals surface area contributed by atoms with E-state index in [-0.39, 0.29) is 11.8 Å². The van der Waals surface area contributed by atoms with Crippen LogP contribution in [0.3, 0.4) is 0 Å². The number of hydrogen-bond donors (Lipinski definition) is 1. The van der Waals surface area contributed by atoms with Crippen LogP contribution in [0.25, 0.3) is 0 Å². The van der Waals surface area contributed by atoms with Crippen molar-refractivity contribution in [3.63, 3.8) is 0 Å². The molecule has 1 aliphatic rings. The highest BCUT2D eigenvalue weighted by molar-refractivity contribution is 5.78. The minimum absolute atomic E-state index is 0.0816. The lowest BCUT2D eigenvalue weighted by Gasteiger charge is -2.34. The summed E-state index contributed by atoms with van der Waals surface area (Å²) in [7, 11) is 1.86.